The highest BCUT2D eigenvalue weighted by atomic mass is 16.6. The van der Waals surface area contributed by atoms with Crippen molar-refractivity contribution in [3.05, 3.63) is 58.0 Å². The topological polar surface area (TPSA) is 121 Å². The van der Waals surface area contributed by atoms with E-state index in [4.69, 9.17) is 9.84 Å². The summed E-state index contributed by atoms with van der Waals surface area (Å²) in [5, 5.41) is 30.7. The molecule has 1 amide bonds. The van der Waals surface area contributed by atoms with Crippen molar-refractivity contribution in [1.29, 1.82) is 0 Å². The van der Waals surface area contributed by atoms with E-state index >= 15 is 0 Å². The van der Waals surface area contributed by atoms with E-state index in [2.05, 4.69) is 5.32 Å². The molecule has 4 N–H and O–H groups in total. The van der Waals surface area contributed by atoms with E-state index in [1.807, 2.05) is 0 Å². The third kappa shape index (κ3) is 5.00. The fourth-order valence-electron chi connectivity index (χ4n) is 2.45. The Morgan fingerprint density at radius 1 is 1.23 bits per heavy atom. The van der Waals surface area contributed by atoms with Crippen molar-refractivity contribution in [1.82, 2.24) is 9.88 Å². The molecule has 0 aliphatic carbocycles. The molecule has 8 heteroatoms. The van der Waals surface area contributed by atoms with Gasteiger partial charge in [-0.3, -0.25) is 4.79 Å². The Balaban J connectivity index is 1.91. The lowest BCUT2D eigenvalue weighted by Crippen LogP contribution is -2.30. The van der Waals surface area contributed by atoms with Crippen molar-refractivity contribution in [3.63, 3.8) is 0 Å². The van der Waals surface area contributed by atoms with E-state index in [0.29, 0.717) is 17.8 Å². The number of nitrogens with one attached hydrogen (secondary N) is 1. The second-order valence-electron chi connectivity index (χ2n) is 5.73. The molecular formula is C18H22N2O6. The van der Waals surface area contributed by atoms with Crippen LogP contribution in [0.25, 0.3) is 0 Å². The number of amides is 1. The number of aliphatic hydroxyl groups excluding tert-OH is 1. The van der Waals surface area contributed by atoms with Crippen LogP contribution in [0.15, 0.2) is 41.3 Å². The number of carbonyl (C=O) groups excluding carboxylic acids is 1. The highest BCUT2D eigenvalue weighted by Crippen LogP contribution is 2.23. The minimum Gasteiger partial charge on any atom is -0.508 e. The number of carbonyl (C=O) groups is 1. The van der Waals surface area contributed by atoms with Gasteiger partial charge < -0.3 is 29.9 Å². The van der Waals surface area contributed by atoms with Gasteiger partial charge in [0.05, 0.1) is 5.69 Å². The van der Waals surface area contributed by atoms with Crippen molar-refractivity contribution in [2.75, 3.05) is 13.2 Å². The largest absolute Gasteiger partial charge is 0.508 e. The SMILES string of the molecule is Cc1c(O)c(=O)ccn1CCNC(=O)O[C@@H](CCO)c1ccc(O)cc1. The van der Waals surface area contributed by atoms with E-state index in [9.17, 15) is 19.8 Å². The fourth-order valence-corrected chi connectivity index (χ4v) is 2.45. The van der Waals surface area contributed by atoms with Crippen LogP contribution in [0.2, 0.25) is 0 Å². The lowest BCUT2D eigenvalue weighted by Gasteiger charge is -2.18. The summed E-state index contributed by atoms with van der Waals surface area (Å²) < 4.78 is 6.97. The molecule has 1 atom stereocenters. The number of aromatic nitrogens is 1. The number of phenols is 1. The summed E-state index contributed by atoms with van der Waals surface area (Å²) in [6, 6.07) is 7.45. The van der Waals surface area contributed by atoms with Crippen molar-refractivity contribution in [2.24, 2.45) is 0 Å². The molecule has 140 valence electrons. The van der Waals surface area contributed by atoms with Gasteiger partial charge in [-0.1, -0.05) is 12.1 Å². The third-order valence-electron chi connectivity index (χ3n) is 3.94. The van der Waals surface area contributed by atoms with Gasteiger partial charge in [0, 0.05) is 38.4 Å². The number of phenolic OH excluding ortho intramolecular Hbond substituents is 1. The van der Waals surface area contributed by atoms with Crippen molar-refractivity contribution < 1.29 is 24.9 Å². The van der Waals surface area contributed by atoms with E-state index in [1.165, 1.54) is 24.4 Å². The fraction of sp³-hybridized carbons (Fsp3) is 0.333. The van der Waals surface area contributed by atoms with E-state index in [0.717, 1.165) is 0 Å². The summed E-state index contributed by atoms with van der Waals surface area (Å²) in [5.74, 6) is -0.217. The van der Waals surface area contributed by atoms with E-state index in [-0.39, 0.29) is 31.1 Å². The minimum atomic E-state index is -0.653. The standard InChI is InChI=1S/C18H22N2O6/c1-12-17(24)15(23)6-9-20(12)10-8-19-18(25)26-16(7-11-21)13-2-4-14(22)5-3-13/h2-6,9,16,21-22,24H,7-8,10-11H2,1H3,(H,19,25)/t16-/m0/s1. The van der Waals surface area contributed by atoms with Gasteiger partial charge in [0.15, 0.2) is 5.75 Å². The zero-order chi connectivity index (χ0) is 19.1. The molecule has 1 aromatic carbocycles. The number of alkyl carbamates (subject to hydrolysis) is 1. The average Bonchev–Trinajstić information content (AvgIpc) is 2.62. The van der Waals surface area contributed by atoms with Crippen LogP contribution in [0.4, 0.5) is 4.79 Å². The molecule has 0 fully saturated rings. The molecule has 0 spiro atoms. The number of nitrogens with zero attached hydrogens (tertiary/aromatic N) is 1. The number of aliphatic hydroxyl groups is 1. The summed E-state index contributed by atoms with van der Waals surface area (Å²) >= 11 is 0. The molecular weight excluding hydrogens is 340 g/mol. The molecule has 2 rings (SSSR count). The summed E-state index contributed by atoms with van der Waals surface area (Å²) in [5.41, 5.74) is 0.620. The number of rotatable bonds is 7. The zero-order valence-corrected chi connectivity index (χ0v) is 14.4. The van der Waals surface area contributed by atoms with Crippen molar-refractivity contribution in [3.8, 4) is 11.5 Å². The van der Waals surface area contributed by atoms with Crippen LogP contribution in [-0.4, -0.2) is 39.1 Å². The molecule has 26 heavy (non-hydrogen) atoms. The number of aromatic hydroxyl groups is 2. The highest BCUT2D eigenvalue weighted by molar-refractivity contribution is 5.67. The molecule has 0 aliphatic rings. The zero-order valence-electron chi connectivity index (χ0n) is 14.4. The second kappa shape index (κ2) is 8.91. The quantitative estimate of drug-likeness (QED) is 0.591. The van der Waals surface area contributed by atoms with Gasteiger partial charge in [-0.25, -0.2) is 4.79 Å². The molecule has 2 aromatic rings. The Labute approximate surface area is 150 Å². The van der Waals surface area contributed by atoms with Crippen LogP contribution >= 0.6 is 0 Å². The lowest BCUT2D eigenvalue weighted by molar-refractivity contribution is 0.0800. The molecule has 8 nitrogen and oxygen atoms in total. The first-order chi connectivity index (χ1) is 12.4. The summed E-state index contributed by atoms with van der Waals surface area (Å²) in [4.78, 5) is 23.3. The molecule has 0 radical (unpaired) electrons. The van der Waals surface area contributed by atoms with Crippen LogP contribution in [-0.2, 0) is 11.3 Å². The van der Waals surface area contributed by atoms with E-state index in [1.54, 1.807) is 23.6 Å². The first kappa shape index (κ1) is 19.3. The number of hydrogen-bond donors (Lipinski definition) is 4. The molecule has 1 aromatic heterocycles. The minimum absolute atomic E-state index is 0.0979. The number of hydrogen-bond acceptors (Lipinski definition) is 6. The smallest absolute Gasteiger partial charge is 0.407 e. The predicted octanol–water partition coefficient (Wildman–Crippen LogP) is 1.42. The Bertz CT molecular complexity index is 800. The Hall–Kier alpha value is -3.00. The highest BCUT2D eigenvalue weighted by Gasteiger charge is 2.16. The monoisotopic (exact) mass is 362 g/mol. The van der Waals surface area contributed by atoms with Crippen molar-refractivity contribution >= 4 is 6.09 Å². The Kier molecular flexibility index (Phi) is 6.62. The van der Waals surface area contributed by atoms with Gasteiger partial charge >= 0.3 is 6.09 Å². The Morgan fingerprint density at radius 2 is 1.92 bits per heavy atom. The normalized spacial score (nSPS) is 11.8. The van der Waals surface area contributed by atoms with Crippen LogP contribution in [0.3, 0.4) is 0 Å². The van der Waals surface area contributed by atoms with Crippen LogP contribution in [0.5, 0.6) is 11.5 Å². The van der Waals surface area contributed by atoms with Gasteiger partial charge in [-0.05, 0) is 24.6 Å². The molecule has 0 unspecified atom stereocenters. The second-order valence-corrected chi connectivity index (χ2v) is 5.73. The maximum atomic E-state index is 12.0. The van der Waals surface area contributed by atoms with Gasteiger partial charge in [-0.2, -0.15) is 0 Å². The van der Waals surface area contributed by atoms with Gasteiger partial charge in [0.2, 0.25) is 5.43 Å². The maximum absolute atomic E-state index is 12.0. The molecule has 0 saturated carbocycles. The summed E-state index contributed by atoms with van der Waals surface area (Å²) in [6.07, 6.45) is 0.471. The van der Waals surface area contributed by atoms with Crippen molar-refractivity contribution in [2.45, 2.75) is 26.0 Å². The van der Waals surface area contributed by atoms with Gasteiger partial charge in [0.1, 0.15) is 11.9 Å². The number of pyridine rings is 1. The maximum Gasteiger partial charge on any atom is 0.407 e. The lowest BCUT2D eigenvalue weighted by atomic mass is 10.1. The Morgan fingerprint density at radius 3 is 2.58 bits per heavy atom. The van der Waals surface area contributed by atoms with Gasteiger partial charge in [0.25, 0.3) is 0 Å². The number of ether oxygens (including phenoxy) is 1. The van der Waals surface area contributed by atoms with Crippen LogP contribution in [0, 0.1) is 6.92 Å². The predicted molar refractivity (Wildman–Crippen MR) is 94.1 cm³/mol. The molecule has 0 aliphatic heterocycles. The first-order valence-corrected chi connectivity index (χ1v) is 8.15. The third-order valence-corrected chi connectivity index (χ3v) is 3.94. The van der Waals surface area contributed by atoms with Gasteiger partial charge in [-0.15, -0.1) is 0 Å². The summed E-state index contributed by atoms with van der Waals surface area (Å²) in [7, 11) is 0. The first-order valence-electron chi connectivity index (χ1n) is 8.15. The molecule has 0 bridgehead atoms. The van der Waals surface area contributed by atoms with E-state index < -0.39 is 17.6 Å². The van der Waals surface area contributed by atoms with Crippen LogP contribution in [0.1, 0.15) is 23.8 Å². The average molecular weight is 362 g/mol. The molecule has 1 heterocycles. The summed E-state index contributed by atoms with van der Waals surface area (Å²) in [6.45, 7) is 2.02. The molecule has 0 saturated heterocycles. The number of benzene rings is 1. The van der Waals surface area contributed by atoms with Crippen LogP contribution < -0.4 is 10.7 Å².